The number of aromatic amines is 2. The fraction of sp³-hybridized carbons (Fsp3) is 0.121. The number of fused-ring (bicyclic) bond motifs is 10. The lowest BCUT2D eigenvalue weighted by molar-refractivity contribution is -0.384. The van der Waals surface area contributed by atoms with Crippen LogP contribution in [-0.2, 0) is 12.0 Å². The fourth-order valence-electron chi connectivity index (χ4n) is 11.4. The van der Waals surface area contributed by atoms with Crippen molar-refractivity contribution in [3.8, 4) is 50.3 Å². The molecule has 13 rings (SSSR count). The van der Waals surface area contributed by atoms with E-state index in [1.54, 1.807) is 12.1 Å². The van der Waals surface area contributed by atoms with E-state index in [1.807, 2.05) is 6.08 Å². The maximum Gasteiger partial charge on any atom is 0.270 e. The second-order valence-corrected chi connectivity index (χ2v) is 20.6. The fourth-order valence-corrected chi connectivity index (χ4v) is 11.4. The molecular formula is C66H52N6O3. The molecular weight excluding hydrogens is 925 g/mol. The van der Waals surface area contributed by atoms with Gasteiger partial charge >= 0.3 is 0 Å². The van der Waals surface area contributed by atoms with Gasteiger partial charge in [0.25, 0.3) is 5.69 Å². The Labute approximate surface area is 435 Å². The van der Waals surface area contributed by atoms with E-state index in [1.165, 1.54) is 22.8 Å². The van der Waals surface area contributed by atoms with E-state index >= 15 is 0 Å². The van der Waals surface area contributed by atoms with E-state index in [2.05, 4.69) is 225 Å². The molecule has 7 heterocycles. The topological polar surface area (TPSA) is 113 Å². The lowest BCUT2D eigenvalue weighted by Gasteiger charge is -2.47. The Morgan fingerprint density at radius 2 is 0.960 bits per heavy atom. The Morgan fingerprint density at radius 1 is 0.533 bits per heavy atom. The molecule has 9 nitrogen and oxygen atoms in total. The third-order valence-corrected chi connectivity index (χ3v) is 15.5. The number of non-ortho nitro benzene ring substituents is 1. The molecule has 0 aliphatic carbocycles. The minimum Gasteiger partial charge on any atom is -0.463 e. The number of aromatic nitrogens is 4. The molecule has 3 aromatic heterocycles. The predicted molar refractivity (Wildman–Crippen MR) is 306 cm³/mol. The summed E-state index contributed by atoms with van der Waals surface area (Å²) in [7, 11) is 0. The van der Waals surface area contributed by atoms with Crippen LogP contribution in [-0.4, -0.2) is 30.6 Å². The highest BCUT2D eigenvalue weighted by molar-refractivity contribution is 6.00. The number of H-pyrrole nitrogens is 2. The molecule has 9 aromatic rings. The molecule has 0 saturated heterocycles. The van der Waals surface area contributed by atoms with Crippen molar-refractivity contribution in [1.29, 1.82) is 0 Å². The number of rotatable bonds is 7. The Morgan fingerprint density at radius 3 is 1.40 bits per heavy atom. The van der Waals surface area contributed by atoms with Crippen LogP contribution in [0.5, 0.6) is 5.75 Å². The molecule has 8 bridgehead atoms. The van der Waals surface area contributed by atoms with Gasteiger partial charge in [-0.25, -0.2) is 9.97 Å². The highest BCUT2D eigenvalue weighted by atomic mass is 16.6. The van der Waals surface area contributed by atoms with Gasteiger partial charge in [-0.15, -0.1) is 0 Å². The van der Waals surface area contributed by atoms with E-state index in [4.69, 9.17) is 14.7 Å². The summed E-state index contributed by atoms with van der Waals surface area (Å²) in [5, 5.41) is 11.7. The van der Waals surface area contributed by atoms with Gasteiger partial charge in [0.2, 0.25) is 5.72 Å². The molecule has 1 unspecified atom stereocenters. The molecule has 2 N–H and O–H groups in total. The Kier molecular flexibility index (Phi) is 10.6. The number of para-hydroxylation sites is 1. The lowest BCUT2D eigenvalue weighted by atomic mass is 9.76. The van der Waals surface area contributed by atoms with Crippen molar-refractivity contribution in [2.75, 3.05) is 4.90 Å². The average molecular weight is 977 g/mol. The third-order valence-electron chi connectivity index (χ3n) is 15.5. The molecule has 0 saturated carbocycles. The van der Waals surface area contributed by atoms with Crippen LogP contribution in [0.1, 0.15) is 70.0 Å². The van der Waals surface area contributed by atoms with Crippen molar-refractivity contribution in [2.24, 2.45) is 0 Å². The molecule has 0 radical (unpaired) electrons. The molecule has 1 spiro atoms. The van der Waals surface area contributed by atoms with E-state index < -0.39 is 11.1 Å². The molecule has 9 heteroatoms. The SMILES string of the molecule is Cc1ccc(-c2c3nc(c(-c4ccc(C)cc4)c4ccc([nH]4)c(-c4ccc(CN5c6ccccc6C(C)(C)C56C=Cc5cc([N+](=O)[O-])ccc5O6)cc4)c4nc(c(-c5ccc(C)cc5)c5ccc2[nH]5)C=C4)C=C3)cc1. The van der Waals surface area contributed by atoms with Crippen LogP contribution in [0, 0.1) is 30.9 Å². The number of hydrogen-bond donors (Lipinski definition) is 2. The third kappa shape index (κ3) is 7.61. The summed E-state index contributed by atoms with van der Waals surface area (Å²) < 4.78 is 7.07. The first-order valence-corrected chi connectivity index (χ1v) is 25.4. The van der Waals surface area contributed by atoms with Crippen molar-refractivity contribution in [1.82, 2.24) is 19.9 Å². The number of ether oxygens (including phenoxy) is 1. The number of hydrogen-bond acceptors (Lipinski definition) is 6. The molecule has 4 aliphatic rings. The molecule has 364 valence electrons. The normalized spacial score (nSPS) is 15.8. The van der Waals surface area contributed by atoms with Gasteiger partial charge in [-0.05, 0) is 141 Å². The van der Waals surface area contributed by atoms with Gasteiger partial charge in [0.15, 0.2) is 0 Å². The number of nitro groups is 1. The average Bonchev–Trinajstić information content (AvgIpc) is 4.32. The van der Waals surface area contributed by atoms with Crippen LogP contribution in [0.25, 0.3) is 97.0 Å². The Bertz CT molecular complexity index is 4040. The van der Waals surface area contributed by atoms with E-state index in [0.29, 0.717) is 17.9 Å². The van der Waals surface area contributed by atoms with Crippen LogP contribution >= 0.6 is 0 Å². The largest absolute Gasteiger partial charge is 0.463 e. The second kappa shape index (κ2) is 17.4. The number of aryl methyl sites for hydroxylation is 3. The van der Waals surface area contributed by atoms with Gasteiger partial charge in [-0.3, -0.25) is 10.1 Å². The maximum absolute atomic E-state index is 11.7. The highest BCUT2D eigenvalue weighted by Crippen LogP contribution is 2.56. The Hall–Kier alpha value is -9.34. The first-order valence-electron chi connectivity index (χ1n) is 25.4. The monoisotopic (exact) mass is 976 g/mol. The number of benzene rings is 6. The molecule has 4 aliphatic heterocycles. The van der Waals surface area contributed by atoms with Crippen LogP contribution in [0.2, 0.25) is 0 Å². The maximum atomic E-state index is 11.7. The van der Waals surface area contributed by atoms with Gasteiger partial charge in [-0.2, -0.15) is 0 Å². The van der Waals surface area contributed by atoms with E-state index in [-0.39, 0.29) is 10.6 Å². The zero-order chi connectivity index (χ0) is 51.2. The lowest BCUT2D eigenvalue weighted by Crippen LogP contribution is -2.59. The van der Waals surface area contributed by atoms with Crippen molar-refractivity contribution in [2.45, 2.75) is 52.3 Å². The van der Waals surface area contributed by atoms with Crippen LogP contribution in [0.3, 0.4) is 0 Å². The number of nitrogens with zero attached hydrogens (tertiary/aromatic N) is 4. The standard InChI is InChI=1S/C66H52N6O3/c1-40-10-18-44(19-11-40)61-51-27-29-53(67-51)62(45-20-12-41(2)13-21-45)55-31-33-57(69-55)64(58-34-32-56(70-58)63(54-30-28-52(61)68-54)46-22-14-42(3)15-23-46)47-24-16-43(17-25-47)39-71-59-9-7-6-8-50(59)65(4,5)66(71)37-36-48-38-49(72(73)74)26-35-60(48)75-66/h6-38,67,70H,39H2,1-5H3. The first kappa shape index (κ1) is 45.5. The predicted octanol–water partition coefficient (Wildman–Crippen LogP) is 16.3. The van der Waals surface area contributed by atoms with Crippen molar-refractivity contribution < 1.29 is 9.66 Å². The van der Waals surface area contributed by atoms with Gasteiger partial charge < -0.3 is 19.6 Å². The van der Waals surface area contributed by atoms with E-state index in [9.17, 15) is 10.1 Å². The number of nitro benzene ring substituents is 1. The summed E-state index contributed by atoms with van der Waals surface area (Å²) in [4.78, 5) is 32.5. The van der Waals surface area contributed by atoms with Crippen molar-refractivity contribution >= 4 is 63.8 Å². The van der Waals surface area contributed by atoms with Crippen LogP contribution in [0.15, 0.2) is 170 Å². The van der Waals surface area contributed by atoms with Gasteiger partial charge in [0.1, 0.15) is 5.75 Å². The van der Waals surface area contributed by atoms with Gasteiger partial charge in [0, 0.05) is 74.2 Å². The first-order chi connectivity index (χ1) is 36.4. The minimum absolute atomic E-state index is 0.0293. The van der Waals surface area contributed by atoms with E-state index in [0.717, 1.165) is 106 Å². The molecule has 6 aromatic carbocycles. The summed E-state index contributed by atoms with van der Waals surface area (Å²) in [6.07, 6.45) is 12.6. The summed E-state index contributed by atoms with van der Waals surface area (Å²) >= 11 is 0. The zero-order valence-electron chi connectivity index (χ0n) is 42.3. The summed E-state index contributed by atoms with van der Waals surface area (Å²) in [5.74, 6) is 0.606. The molecule has 75 heavy (non-hydrogen) atoms. The van der Waals surface area contributed by atoms with Crippen molar-refractivity contribution in [3.63, 3.8) is 0 Å². The Balaban J connectivity index is 1.01. The summed E-state index contributed by atoms with van der Waals surface area (Å²) in [6, 6.07) is 56.8. The summed E-state index contributed by atoms with van der Waals surface area (Å²) in [6.45, 7) is 11.3. The summed E-state index contributed by atoms with van der Waals surface area (Å²) in [5.41, 5.74) is 21.5. The van der Waals surface area contributed by atoms with Gasteiger partial charge in [-0.1, -0.05) is 132 Å². The molecule has 0 amide bonds. The van der Waals surface area contributed by atoms with Crippen LogP contribution in [0.4, 0.5) is 11.4 Å². The van der Waals surface area contributed by atoms with Crippen LogP contribution < -0.4 is 9.64 Å². The minimum atomic E-state index is -0.915. The number of nitrogens with one attached hydrogen (secondary N) is 2. The van der Waals surface area contributed by atoms with Gasteiger partial charge in [0.05, 0.1) is 33.1 Å². The molecule has 0 fully saturated rings. The van der Waals surface area contributed by atoms with Crippen molar-refractivity contribution in [3.05, 3.63) is 236 Å². The zero-order valence-corrected chi connectivity index (χ0v) is 42.3. The quantitative estimate of drug-likeness (QED) is 0.121. The highest BCUT2D eigenvalue weighted by Gasteiger charge is 2.58. The molecule has 1 atom stereocenters. The smallest absolute Gasteiger partial charge is 0.270 e. The number of anilines is 1. The second-order valence-electron chi connectivity index (χ2n) is 20.6.